The number of benzene rings is 3. The van der Waals surface area contributed by atoms with E-state index in [-0.39, 0.29) is 24.3 Å². The molecule has 1 aliphatic carbocycles. The molecule has 0 spiro atoms. The van der Waals surface area contributed by atoms with Crippen LogP contribution in [0.25, 0.3) is 10.8 Å². The van der Waals surface area contributed by atoms with Gasteiger partial charge >= 0.3 is 5.97 Å². The maximum Gasteiger partial charge on any atom is 0.315 e. The lowest BCUT2D eigenvalue weighted by Gasteiger charge is -2.37. The summed E-state index contributed by atoms with van der Waals surface area (Å²) in [6, 6.07) is 19.9. The molecule has 0 saturated carbocycles. The van der Waals surface area contributed by atoms with Crippen LogP contribution < -0.4 is 9.47 Å². The van der Waals surface area contributed by atoms with Gasteiger partial charge in [-0.1, -0.05) is 48.5 Å². The van der Waals surface area contributed by atoms with Crippen LogP contribution in [-0.2, 0) is 14.3 Å². The Balaban J connectivity index is 1.63. The van der Waals surface area contributed by atoms with Crippen LogP contribution in [0.15, 0.2) is 76.9 Å². The molecule has 190 valence electrons. The number of Topliss-reactive ketones (excluding diaryl/α,β-unsaturated/α-hetero) is 1. The summed E-state index contributed by atoms with van der Waals surface area (Å²) in [5.74, 6) is -0.190. The normalized spacial score (nSPS) is 21.4. The molecule has 6 nitrogen and oxygen atoms in total. The Morgan fingerprint density at radius 3 is 2.49 bits per heavy atom. The highest BCUT2D eigenvalue weighted by Crippen LogP contribution is 2.48. The number of aliphatic imine (C=N–C) groups is 1. The number of carbonyl (C=O) groups excluding carboxylic acids is 2. The number of hydrogen-bond acceptors (Lipinski definition) is 6. The van der Waals surface area contributed by atoms with Crippen LogP contribution in [0.2, 0.25) is 0 Å². The second-order valence-corrected chi connectivity index (χ2v) is 9.53. The molecule has 5 rings (SSSR count). The molecule has 1 unspecified atom stereocenters. The van der Waals surface area contributed by atoms with Gasteiger partial charge in [0.05, 0.1) is 20.8 Å². The van der Waals surface area contributed by atoms with E-state index >= 15 is 0 Å². The highest BCUT2D eigenvalue weighted by molar-refractivity contribution is 6.10. The Bertz CT molecular complexity index is 1430. The van der Waals surface area contributed by atoms with E-state index in [2.05, 4.69) is 0 Å². The number of esters is 1. The molecule has 0 bridgehead atoms. The minimum absolute atomic E-state index is 0.0181. The number of hydrogen-bond donors (Lipinski definition) is 0. The predicted octanol–water partition coefficient (Wildman–Crippen LogP) is 6.00. The Kier molecular flexibility index (Phi) is 6.83. The first kappa shape index (κ1) is 24.8. The van der Waals surface area contributed by atoms with E-state index in [1.165, 1.54) is 0 Å². The van der Waals surface area contributed by atoms with Crippen molar-refractivity contribution in [1.29, 1.82) is 0 Å². The van der Waals surface area contributed by atoms with Gasteiger partial charge in [0.1, 0.15) is 5.92 Å². The van der Waals surface area contributed by atoms with Gasteiger partial charge in [-0.15, -0.1) is 0 Å². The zero-order valence-electron chi connectivity index (χ0n) is 21.6. The van der Waals surface area contributed by atoms with Crippen molar-refractivity contribution in [2.75, 3.05) is 20.8 Å². The van der Waals surface area contributed by atoms with Gasteiger partial charge < -0.3 is 14.2 Å². The van der Waals surface area contributed by atoms with E-state index in [0.29, 0.717) is 35.6 Å². The third kappa shape index (κ3) is 4.41. The molecular weight excluding hydrogens is 466 g/mol. The number of nitrogens with zero attached hydrogens (tertiary/aromatic N) is 1. The summed E-state index contributed by atoms with van der Waals surface area (Å²) in [6.45, 7) is 3.93. The number of rotatable bonds is 6. The van der Waals surface area contributed by atoms with Gasteiger partial charge in [0.2, 0.25) is 0 Å². The molecule has 2 aliphatic rings. The second-order valence-electron chi connectivity index (χ2n) is 9.53. The molecule has 0 saturated heterocycles. The maximum absolute atomic E-state index is 13.9. The number of fused-ring (bicyclic) bond motifs is 1. The van der Waals surface area contributed by atoms with E-state index < -0.39 is 11.8 Å². The molecule has 3 atom stereocenters. The van der Waals surface area contributed by atoms with Crippen molar-refractivity contribution in [3.8, 4) is 11.5 Å². The summed E-state index contributed by atoms with van der Waals surface area (Å²) in [7, 11) is 3.21. The minimum atomic E-state index is -0.647. The molecule has 37 heavy (non-hydrogen) atoms. The van der Waals surface area contributed by atoms with E-state index in [0.717, 1.165) is 27.6 Å². The van der Waals surface area contributed by atoms with E-state index in [4.69, 9.17) is 19.2 Å². The van der Waals surface area contributed by atoms with Gasteiger partial charge in [0, 0.05) is 29.3 Å². The second kappa shape index (κ2) is 10.2. The quantitative estimate of drug-likeness (QED) is 0.391. The van der Waals surface area contributed by atoms with E-state index in [1.54, 1.807) is 21.1 Å². The van der Waals surface area contributed by atoms with Gasteiger partial charge in [-0.05, 0) is 60.2 Å². The smallest absolute Gasteiger partial charge is 0.315 e. The SMILES string of the molecule is CCOC(=O)C1C(C)=NC2=C(C(=O)C[C@H](c3ccc(OC)c(OC)c3)C2)[C@H]1c1cccc2ccccc12. The van der Waals surface area contributed by atoms with Gasteiger partial charge in [0.15, 0.2) is 17.3 Å². The fourth-order valence-corrected chi connectivity index (χ4v) is 5.80. The average Bonchev–Trinajstić information content (AvgIpc) is 2.91. The summed E-state index contributed by atoms with van der Waals surface area (Å²) in [4.78, 5) is 32.0. The summed E-state index contributed by atoms with van der Waals surface area (Å²) in [5, 5.41) is 2.09. The first-order valence-electron chi connectivity index (χ1n) is 12.6. The van der Waals surface area contributed by atoms with Crippen molar-refractivity contribution >= 4 is 28.2 Å². The molecule has 6 heteroatoms. The van der Waals surface area contributed by atoms with Gasteiger partial charge in [0.25, 0.3) is 0 Å². The Labute approximate surface area is 217 Å². The summed E-state index contributed by atoms with van der Waals surface area (Å²) in [5.41, 5.74) is 4.02. The maximum atomic E-state index is 13.9. The number of methoxy groups -OCH3 is 2. The molecule has 1 heterocycles. The standard InChI is InChI=1S/C31H31NO5/c1-5-37-31(34)28-18(2)32-24-15-21(20-13-14-26(35-3)27(17-20)36-4)16-25(33)30(24)29(28)23-12-8-10-19-9-6-7-11-22(19)23/h6-14,17,21,28-29H,5,15-16H2,1-4H3/t21-,28?,29+/m1/s1. The Morgan fingerprint density at radius 1 is 0.973 bits per heavy atom. The third-order valence-electron chi connectivity index (χ3n) is 7.47. The summed E-state index contributed by atoms with van der Waals surface area (Å²) < 4.78 is 16.4. The first-order chi connectivity index (χ1) is 18.0. The minimum Gasteiger partial charge on any atom is -0.493 e. The van der Waals surface area contributed by atoms with Gasteiger partial charge in [-0.25, -0.2) is 0 Å². The van der Waals surface area contributed by atoms with Crippen molar-refractivity contribution < 1.29 is 23.8 Å². The topological polar surface area (TPSA) is 74.2 Å². The Morgan fingerprint density at radius 2 is 1.73 bits per heavy atom. The molecule has 3 aromatic carbocycles. The molecule has 0 radical (unpaired) electrons. The fourth-order valence-electron chi connectivity index (χ4n) is 5.80. The molecule has 0 aromatic heterocycles. The number of ketones is 1. The van der Waals surface area contributed by atoms with Crippen LogP contribution in [0.4, 0.5) is 0 Å². The van der Waals surface area contributed by atoms with Crippen LogP contribution in [-0.4, -0.2) is 38.3 Å². The molecule has 0 fully saturated rings. The van der Waals surface area contributed by atoms with Crippen LogP contribution >= 0.6 is 0 Å². The third-order valence-corrected chi connectivity index (χ3v) is 7.47. The Hall–Kier alpha value is -3.93. The highest BCUT2D eigenvalue weighted by Gasteiger charge is 2.45. The molecule has 3 aromatic rings. The summed E-state index contributed by atoms with van der Waals surface area (Å²) >= 11 is 0. The van der Waals surface area contributed by atoms with Crippen molar-refractivity contribution in [2.24, 2.45) is 10.9 Å². The fraction of sp³-hybridized carbons (Fsp3) is 0.323. The first-order valence-corrected chi connectivity index (χ1v) is 12.6. The predicted molar refractivity (Wildman–Crippen MR) is 143 cm³/mol. The monoisotopic (exact) mass is 497 g/mol. The average molecular weight is 498 g/mol. The van der Waals surface area contributed by atoms with Gasteiger partial charge in [-0.3, -0.25) is 14.6 Å². The molecular formula is C31H31NO5. The molecule has 1 aliphatic heterocycles. The number of carbonyl (C=O) groups is 2. The van der Waals surface area contributed by atoms with Crippen molar-refractivity contribution in [3.05, 3.63) is 83.1 Å². The van der Waals surface area contributed by atoms with E-state index in [9.17, 15) is 9.59 Å². The largest absolute Gasteiger partial charge is 0.493 e. The van der Waals surface area contributed by atoms with Crippen molar-refractivity contribution in [3.63, 3.8) is 0 Å². The van der Waals surface area contributed by atoms with Crippen molar-refractivity contribution in [1.82, 2.24) is 0 Å². The van der Waals surface area contributed by atoms with Gasteiger partial charge in [-0.2, -0.15) is 0 Å². The number of allylic oxidation sites excluding steroid dienone is 2. The molecule has 0 N–H and O–H groups in total. The lowest BCUT2D eigenvalue weighted by Crippen LogP contribution is -2.38. The zero-order valence-corrected chi connectivity index (χ0v) is 21.6. The lowest BCUT2D eigenvalue weighted by molar-refractivity contribution is -0.146. The summed E-state index contributed by atoms with van der Waals surface area (Å²) in [6.07, 6.45) is 0.935. The van der Waals surface area contributed by atoms with Crippen LogP contribution in [0, 0.1) is 5.92 Å². The van der Waals surface area contributed by atoms with Crippen LogP contribution in [0.3, 0.4) is 0 Å². The van der Waals surface area contributed by atoms with Crippen molar-refractivity contribution in [2.45, 2.75) is 38.5 Å². The van der Waals surface area contributed by atoms with Crippen LogP contribution in [0.1, 0.15) is 49.7 Å². The zero-order chi connectivity index (χ0) is 26.1. The van der Waals surface area contributed by atoms with E-state index in [1.807, 2.05) is 67.6 Å². The number of ether oxygens (including phenoxy) is 3. The lowest BCUT2D eigenvalue weighted by atomic mass is 9.68. The van der Waals surface area contributed by atoms with Crippen LogP contribution in [0.5, 0.6) is 11.5 Å². The highest BCUT2D eigenvalue weighted by atomic mass is 16.5. The molecule has 0 amide bonds.